The summed E-state index contributed by atoms with van der Waals surface area (Å²) >= 11 is 0. The van der Waals surface area contributed by atoms with Crippen LogP contribution in [0.1, 0.15) is 18.4 Å². The lowest BCUT2D eigenvalue weighted by Crippen LogP contribution is -2.55. The fraction of sp³-hybridized carbons (Fsp3) is 0.364. The molecule has 1 aliphatic heterocycles. The average Bonchev–Trinajstić information content (AvgIpc) is 3.28. The van der Waals surface area contributed by atoms with Crippen molar-refractivity contribution in [2.75, 3.05) is 25.0 Å². The predicted molar refractivity (Wildman–Crippen MR) is 112 cm³/mol. The van der Waals surface area contributed by atoms with Crippen LogP contribution in [-0.4, -0.2) is 64.3 Å². The van der Waals surface area contributed by atoms with Gasteiger partial charge in [-0.1, -0.05) is 18.2 Å². The third kappa shape index (κ3) is 3.66. The van der Waals surface area contributed by atoms with E-state index in [1.54, 1.807) is 36.5 Å². The van der Waals surface area contributed by atoms with Crippen molar-refractivity contribution >= 4 is 28.5 Å². The standard InChI is InChI=1S/C22H20F3N5O3/c1-29(12-22(23,24)25)19(31)11-30-17-5-3-2-4-14(17)21(20(30)32)8-13(9-21)33-18-7-6-15-16(27-18)10-26-28-15/h2-7,10,13H,8-9,11-12H2,1H3,(H,26,28). The van der Waals surface area contributed by atoms with E-state index < -0.39 is 30.6 Å². The Kier molecular flexibility index (Phi) is 4.80. The molecule has 5 rings (SSSR count). The molecule has 1 N–H and O–H groups in total. The Morgan fingerprint density at radius 3 is 2.79 bits per heavy atom. The van der Waals surface area contributed by atoms with Gasteiger partial charge in [-0.25, -0.2) is 4.98 Å². The van der Waals surface area contributed by atoms with Gasteiger partial charge in [-0.3, -0.25) is 14.7 Å². The number of alkyl halides is 3. The van der Waals surface area contributed by atoms with Crippen LogP contribution in [0.4, 0.5) is 18.9 Å². The summed E-state index contributed by atoms with van der Waals surface area (Å²) in [4.78, 5) is 32.1. The molecule has 0 bridgehead atoms. The number of amides is 2. The number of fused-ring (bicyclic) bond motifs is 3. The van der Waals surface area contributed by atoms with E-state index in [1.165, 1.54) is 4.90 Å². The van der Waals surface area contributed by atoms with Crippen molar-refractivity contribution < 1.29 is 27.5 Å². The van der Waals surface area contributed by atoms with Crippen LogP contribution in [0.5, 0.6) is 5.88 Å². The van der Waals surface area contributed by atoms with Crippen LogP contribution in [0.2, 0.25) is 0 Å². The van der Waals surface area contributed by atoms with E-state index in [9.17, 15) is 22.8 Å². The fourth-order valence-electron chi connectivity index (χ4n) is 4.61. The molecule has 1 saturated carbocycles. The number of hydrogen-bond acceptors (Lipinski definition) is 5. The number of halogens is 3. The summed E-state index contributed by atoms with van der Waals surface area (Å²) < 4.78 is 44.0. The smallest absolute Gasteiger partial charge is 0.406 e. The lowest BCUT2D eigenvalue weighted by molar-refractivity contribution is -0.157. The highest BCUT2D eigenvalue weighted by Crippen LogP contribution is 2.54. The first-order valence-corrected chi connectivity index (χ1v) is 10.4. The van der Waals surface area contributed by atoms with Crippen molar-refractivity contribution in [2.45, 2.75) is 30.5 Å². The molecule has 0 atom stereocenters. The number of likely N-dealkylation sites (N-methyl/N-ethyl adjacent to an activating group) is 1. The number of carbonyl (C=O) groups is 2. The van der Waals surface area contributed by atoms with Gasteiger partial charge in [0.2, 0.25) is 17.7 Å². The molecular weight excluding hydrogens is 439 g/mol. The van der Waals surface area contributed by atoms with Crippen LogP contribution in [-0.2, 0) is 15.0 Å². The van der Waals surface area contributed by atoms with Gasteiger partial charge in [-0.2, -0.15) is 18.3 Å². The molecule has 2 aliphatic rings. The molecule has 3 aromatic rings. The van der Waals surface area contributed by atoms with Gasteiger partial charge in [0, 0.05) is 31.6 Å². The zero-order valence-corrected chi connectivity index (χ0v) is 17.6. The highest BCUT2D eigenvalue weighted by molar-refractivity contribution is 6.11. The van der Waals surface area contributed by atoms with Crippen LogP contribution in [0.15, 0.2) is 42.6 Å². The third-order valence-electron chi connectivity index (χ3n) is 6.21. The van der Waals surface area contributed by atoms with Gasteiger partial charge in [0.15, 0.2) is 0 Å². The number of aromatic nitrogens is 3. The Balaban J connectivity index is 1.32. The zero-order chi connectivity index (χ0) is 23.4. The maximum absolute atomic E-state index is 13.4. The normalized spacial score (nSPS) is 21.9. The molecule has 0 radical (unpaired) electrons. The summed E-state index contributed by atoms with van der Waals surface area (Å²) in [6.07, 6.45) is -2.41. The molecule has 8 nitrogen and oxygen atoms in total. The first-order valence-electron chi connectivity index (χ1n) is 10.4. The average molecular weight is 459 g/mol. The topological polar surface area (TPSA) is 91.4 Å². The number of nitrogens with zero attached hydrogens (tertiary/aromatic N) is 4. The summed E-state index contributed by atoms with van der Waals surface area (Å²) in [5.74, 6) is -0.656. The summed E-state index contributed by atoms with van der Waals surface area (Å²) in [5.41, 5.74) is 1.90. The van der Waals surface area contributed by atoms with Crippen LogP contribution >= 0.6 is 0 Å². The molecule has 33 heavy (non-hydrogen) atoms. The molecule has 0 unspecified atom stereocenters. The number of rotatable bonds is 5. The Morgan fingerprint density at radius 1 is 1.27 bits per heavy atom. The number of aromatic amines is 1. The first kappa shape index (κ1) is 21.2. The third-order valence-corrected chi connectivity index (χ3v) is 6.21. The van der Waals surface area contributed by atoms with Gasteiger partial charge < -0.3 is 14.5 Å². The van der Waals surface area contributed by atoms with Crippen molar-refractivity contribution in [3.63, 3.8) is 0 Å². The van der Waals surface area contributed by atoms with Crippen LogP contribution in [0.25, 0.3) is 11.0 Å². The monoisotopic (exact) mass is 459 g/mol. The Labute approximate surface area is 186 Å². The highest BCUT2D eigenvalue weighted by Gasteiger charge is 2.59. The van der Waals surface area contributed by atoms with Crippen molar-refractivity contribution in [1.82, 2.24) is 20.1 Å². The molecule has 0 saturated heterocycles. The molecule has 2 aromatic heterocycles. The minimum atomic E-state index is -4.51. The molecule has 1 aliphatic carbocycles. The first-order chi connectivity index (χ1) is 15.7. The predicted octanol–water partition coefficient (Wildman–Crippen LogP) is 2.80. The van der Waals surface area contributed by atoms with E-state index in [4.69, 9.17) is 4.74 Å². The number of benzene rings is 1. The summed E-state index contributed by atoms with van der Waals surface area (Å²) in [6, 6.07) is 10.6. The van der Waals surface area contributed by atoms with Crippen molar-refractivity contribution in [3.05, 3.63) is 48.2 Å². The molecule has 172 valence electrons. The van der Waals surface area contributed by atoms with Crippen molar-refractivity contribution in [3.8, 4) is 5.88 Å². The number of hydrogen-bond donors (Lipinski definition) is 1. The van der Waals surface area contributed by atoms with Crippen molar-refractivity contribution in [1.29, 1.82) is 0 Å². The summed E-state index contributed by atoms with van der Waals surface area (Å²) in [7, 11) is 1.08. The second-order valence-corrected chi connectivity index (χ2v) is 8.46. The van der Waals surface area contributed by atoms with E-state index in [-0.39, 0.29) is 12.0 Å². The number of pyridine rings is 1. The fourth-order valence-corrected chi connectivity index (χ4v) is 4.61. The number of H-pyrrole nitrogens is 1. The lowest BCUT2D eigenvalue weighted by atomic mass is 9.63. The second kappa shape index (κ2) is 7.46. The van der Waals surface area contributed by atoms with Gasteiger partial charge in [-0.05, 0) is 17.7 Å². The summed E-state index contributed by atoms with van der Waals surface area (Å²) in [5, 5.41) is 6.74. The summed E-state index contributed by atoms with van der Waals surface area (Å²) in [6.45, 7) is -1.82. The van der Waals surface area contributed by atoms with Crippen LogP contribution in [0.3, 0.4) is 0 Å². The number of ether oxygens (including phenoxy) is 1. The molecule has 3 heterocycles. The SMILES string of the molecule is CN(CC(F)(F)F)C(=O)CN1C(=O)C2(CC(Oc3ccc4[nH]ncc4n3)C2)c2ccccc21. The van der Waals surface area contributed by atoms with E-state index >= 15 is 0 Å². The molecule has 1 spiro atoms. The maximum atomic E-state index is 13.4. The van der Waals surface area contributed by atoms with E-state index in [2.05, 4.69) is 15.2 Å². The van der Waals surface area contributed by atoms with Crippen molar-refractivity contribution in [2.24, 2.45) is 0 Å². The number of anilines is 1. The molecule has 1 fully saturated rings. The molecule has 2 amide bonds. The van der Waals surface area contributed by atoms with E-state index in [0.29, 0.717) is 34.8 Å². The van der Waals surface area contributed by atoms with Gasteiger partial charge in [0.25, 0.3) is 0 Å². The second-order valence-electron chi connectivity index (χ2n) is 8.46. The molecule has 1 aromatic carbocycles. The molecular formula is C22H20F3N5O3. The maximum Gasteiger partial charge on any atom is 0.406 e. The van der Waals surface area contributed by atoms with Gasteiger partial charge in [0.05, 0.1) is 17.1 Å². The van der Waals surface area contributed by atoms with Gasteiger partial charge >= 0.3 is 6.18 Å². The van der Waals surface area contributed by atoms with E-state index in [0.717, 1.165) is 18.1 Å². The Morgan fingerprint density at radius 2 is 2.03 bits per heavy atom. The van der Waals surface area contributed by atoms with Gasteiger partial charge in [0.1, 0.15) is 24.7 Å². The highest BCUT2D eigenvalue weighted by atomic mass is 19.4. The Bertz CT molecular complexity index is 1240. The van der Waals surface area contributed by atoms with Gasteiger partial charge in [-0.15, -0.1) is 0 Å². The quantitative estimate of drug-likeness (QED) is 0.634. The van der Waals surface area contributed by atoms with E-state index in [1.807, 2.05) is 6.07 Å². The zero-order valence-electron chi connectivity index (χ0n) is 17.6. The van der Waals surface area contributed by atoms with Crippen LogP contribution in [0, 0.1) is 0 Å². The number of carbonyl (C=O) groups excluding carboxylic acids is 2. The lowest BCUT2D eigenvalue weighted by Gasteiger charge is -2.43. The minimum absolute atomic E-state index is 0.262. The largest absolute Gasteiger partial charge is 0.474 e. The number of nitrogens with one attached hydrogen (secondary N) is 1. The number of para-hydroxylation sites is 1. The van der Waals surface area contributed by atoms with Crippen LogP contribution < -0.4 is 9.64 Å². The minimum Gasteiger partial charge on any atom is -0.474 e. The molecule has 11 heteroatoms. The Hall–Kier alpha value is -3.63.